The van der Waals surface area contributed by atoms with Crippen molar-refractivity contribution in [1.29, 1.82) is 0 Å². The summed E-state index contributed by atoms with van der Waals surface area (Å²) in [5.41, 5.74) is 8.93. The van der Waals surface area contributed by atoms with Crippen LogP contribution in [0.25, 0.3) is 22.3 Å². The Morgan fingerprint density at radius 2 is 2.05 bits per heavy atom. The first-order valence-electron chi connectivity index (χ1n) is 14.9. The van der Waals surface area contributed by atoms with E-state index in [0.717, 1.165) is 62.5 Å². The molecule has 0 aliphatic carbocycles. The summed E-state index contributed by atoms with van der Waals surface area (Å²) in [7, 11) is 0. The number of hydrogen-bond acceptors (Lipinski definition) is 10. The van der Waals surface area contributed by atoms with E-state index in [9.17, 15) is 14.4 Å². The molecule has 3 aliphatic rings. The molecule has 1 aromatic carbocycles. The van der Waals surface area contributed by atoms with Crippen LogP contribution in [0.1, 0.15) is 56.2 Å². The molecule has 0 saturated carbocycles. The number of rotatable bonds is 11. The number of aliphatic imine (C=N–C) groups is 1. The van der Waals surface area contributed by atoms with Gasteiger partial charge in [0, 0.05) is 6.54 Å². The van der Waals surface area contributed by atoms with Gasteiger partial charge in [0.15, 0.2) is 0 Å². The van der Waals surface area contributed by atoms with E-state index >= 15 is 0 Å². The zero-order valence-electron chi connectivity index (χ0n) is 24.5. The number of benzene rings is 1. The van der Waals surface area contributed by atoms with Crippen LogP contribution in [0.2, 0.25) is 8.87 Å². The molecule has 0 fully saturated rings. The number of fused-ring (bicyclic) bond motifs is 5. The number of hydrogen-bond donors (Lipinski definition) is 1. The summed E-state index contributed by atoms with van der Waals surface area (Å²) in [5, 5.41) is 0.966. The van der Waals surface area contributed by atoms with Crippen molar-refractivity contribution in [3.8, 4) is 11.4 Å². The Morgan fingerprint density at radius 1 is 1.19 bits per heavy atom. The molecule has 2 radical (unpaired) electrons. The van der Waals surface area contributed by atoms with Crippen molar-refractivity contribution in [3.05, 3.63) is 51.3 Å². The van der Waals surface area contributed by atoms with Crippen molar-refractivity contribution in [3.63, 3.8) is 0 Å². The van der Waals surface area contributed by atoms with Crippen LogP contribution in [0, 0.1) is 0 Å². The van der Waals surface area contributed by atoms with Crippen molar-refractivity contribution in [2.24, 2.45) is 10.7 Å². The average Bonchev–Trinajstić information content (AvgIpc) is 3.38. The molecule has 0 bridgehead atoms. The third-order valence-corrected chi connectivity index (χ3v) is 11.8. The van der Waals surface area contributed by atoms with Gasteiger partial charge in [0.2, 0.25) is 0 Å². The molecule has 6 rings (SSSR count). The zero-order chi connectivity index (χ0) is 30.1. The van der Waals surface area contributed by atoms with Gasteiger partial charge in [-0.1, -0.05) is 25.8 Å². The minimum absolute atomic E-state index is 0.0784. The monoisotopic (exact) mass is 693 g/mol. The summed E-state index contributed by atoms with van der Waals surface area (Å²) in [6.45, 7) is 5.68. The summed E-state index contributed by atoms with van der Waals surface area (Å²) in [4.78, 5) is 52.1. The first-order chi connectivity index (χ1) is 20.9. The van der Waals surface area contributed by atoms with Gasteiger partial charge in [0.05, 0.1) is 17.4 Å². The third-order valence-electron chi connectivity index (χ3n) is 8.33. The Balaban J connectivity index is 1.43. The topological polar surface area (TPSA) is 138 Å². The number of pyridine rings is 2. The molecule has 0 spiro atoms. The van der Waals surface area contributed by atoms with Gasteiger partial charge < -0.3 is 4.90 Å². The first-order valence-corrected chi connectivity index (χ1v) is 18.9. The Kier molecular flexibility index (Phi) is 8.45. The van der Waals surface area contributed by atoms with E-state index in [1.165, 1.54) is 0 Å². The van der Waals surface area contributed by atoms with Crippen molar-refractivity contribution < 1.29 is 23.8 Å². The van der Waals surface area contributed by atoms with Crippen LogP contribution < -0.4 is 16.2 Å². The van der Waals surface area contributed by atoms with Crippen LogP contribution in [-0.2, 0) is 37.8 Å². The molecular formula is C31H35N5O6Sn. The van der Waals surface area contributed by atoms with Crippen LogP contribution in [-0.4, -0.2) is 68.9 Å². The summed E-state index contributed by atoms with van der Waals surface area (Å²) in [6.07, 6.45) is 4.20. The maximum atomic E-state index is 14.0. The van der Waals surface area contributed by atoms with E-state index in [1.54, 1.807) is 17.6 Å². The Hall–Kier alpha value is -3.45. The number of anilines is 1. The van der Waals surface area contributed by atoms with E-state index in [0.29, 0.717) is 35.6 Å². The van der Waals surface area contributed by atoms with Crippen LogP contribution in [0.4, 0.5) is 16.2 Å². The molecule has 3 aliphatic heterocycles. The Bertz CT molecular complexity index is 1690. The predicted octanol–water partition coefficient (Wildman–Crippen LogP) is 4.41. The van der Waals surface area contributed by atoms with Gasteiger partial charge >= 0.3 is 182 Å². The molecule has 2 aromatic heterocycles. The SMILES string of the molecule is CCCCCN1C=Nc2cccc3nc4c(c1c23)Cn1c-4cc2c(c1=O)COC(=O)[C@@]2(CC)OC(=O)OC[CH2][Sn][CH2]CN. The number of unbranched alkanes of at least 4 members (excludes halogenated alkanes) is 2. The molecular weight excluding hydrogens is 657 g/mol. The second-order valence-corrected chi connectivity index (χ2v) is 15.2. The van der Waals surface area contributed by atoms with E-state index in [4.69, 9.17) is 29.9 Å². The number of esters is 1. The molecule has 0 saturated heterocycles. The average molecular weight is 692 g/mol. The molecule has 0 unspecified atom stereocenters. The van der Waals surface area contributed by atoms with Gasteiger partial charge in [-0.3, -0.25) is 0 Å². The molecule has 0 amide bonds. The van der Waals surface area contributed by atoms with Crippen LogP contribution in [0.15, 0.2) is 34.1 Å². The molecule has 2 N–H and O–H groups in total. The summed E-state index contributed by atoms with van der Waals surface area (Å²) < 4.78 is 20.0. The van der Waals surface area contributed by atoms with Crippen LogP contribution >= 0.6 is 0 Å². The van der Waals surface area contributed by atoms with Gasteiger partial charge in [-0.25, -0.2) is 4.99 Å². The number of nitrogens with zero attached hydrogens (tertiary/aromatic N) is 4. The fraction of sp³-hybridized carbons (Fsp3) is 0.452. The number of aromatic nitrogens is 2. The second-order valence-electron chi connectivity index (χ2n) is 10.9. The number of carbonyl (C=O) groups excluding carboxylic acids is 2. The summed E-state index contributed by atoms with van der Waals surface area (Å²) in [5.74, 6) is -0.717. The zero-order valence-corrected chi connectivity index (χ0v) is 27.3. The maximum absolute atomic E-state index is 14.0. The van der Waals surface area contributed by atoms with Crippen molar-refractivity contribution in [2.45, 2.75) is 67.2 Å². The number of ether oxygens (including phenoxy) is 3. The molecule has 3 aromatic rings. The second kappa shape index (κ2) is 12.3. The van der Waals surface area contributed by atoms with Crippen LogP contribution in [0.5, 0.6) is 0 Å². The number of carbonyl (C=O) groups is 2. The Morgan fingerprint density at radius 3 is 2.84 bits per heavy atom. The molecule has 5 heterocycles. The normalized spacial score (nSPS) is 17.8. The quantitative estimate of drug-likeness (QED) is 0.138. The van der Waals surface area contributed by atoms with Crippen molar-refractivity contribution in [1.82, 2.24) is 9.55 Å². The minimum atomic E-state index is -1.80. The first kappa shape index (κ1) is 29.6. The standard InChI is InChI=1S/C29H29N4O6.C2H6N.Sn/c1-4-7-8-12-32-16-30-20-10-9-11-21-23(20)25(32)17-14-33-22(24(17)31-21)13-19-18(26(33)34)15-38-27(35)29(19,5-2)39-28(36)37-6-3;1-2-3;/h9-11,13,16H,3-8,12,14-15H2,1-2H3;1-3H2;/t29-;;/m0../s1. The fourth-order valence-electron chi connectivity index (χ4n) is 6.17. The fourth-order valence-corrected chi connectivity index (χ4v) is 8.17. The predicted molar refractivity (Wildman–Crippen MR) is 164 cm³/mol. The third kappa shape index (κ3) is 5.09. The van der Waals surface area contributed by atoms with Gasteiger partial charge in [-0.05, 0) is 18.6 Å². The molecule has 224 valence electrons. The number of nitrogens with two attached hydrogens (primary N) is 1. The summed E-state index contributed by atoms with van der Waals surface area (Å²) >= 11 is -0.697. The van der Waals surface area contributed by atoms with Gasteiger partial charge in [-0.2, -0.15) is 0 Å². The molecule has 43 heavy (non-hydrogen) atoms. The van der Waals surface area contributed by atoms with Crippen molar-refractivity contribution >= 4 is 61.9 Å². The van der Waals surface area contributed by atoms with E-state index < -0.39 is 38.9 Å². The Labute approximate surface area is 259 Å². The number of cyclic esters (lactones) is 1. The van der Waals surface area contributed by atoms with Gasteiger partial charge in [-0.15, -0.1) is 0 Å². The van der Waals surface area contributed by atoms with Crippen LogP contribution in [0.3, 0.4) is 0 Å². The molecule has 1 atom stereocenters. The molecule has 12 heteroatoms. The van der Waals surface area contributed by atoms with E-state index in [1.807, 2.05) is 24.5 Å². The molecule has 11 nitrogen and oxygen atoms in total. The van der Waals surface area contributed by atoms with E-state index in [2.05, 4.69) is 11.8 Å². The van der Waals surface area contributed by atoms with E-state index in [-0.39, 0.29) is 25.2 Å². The van der Waals surface area contributed by atoms with Gasteiger partial charge in [0.25, 0.3) is 0 Å². The van der Waals surface area contributed by atoms with Crippen molar-refractivity contribution in [2.75, 3.05) is 24.6 Å². The summed E-state index contributed by atoms with van der Waals surface area (Å²) in [6, 6.07) is 7.64. The van der Waals surface area contributed by atoms with Gasteiger partial charge in [0.1, 0.15) is 0 Å².